The molecule has 0 fully saturated rings. The van der Waals surface area contributed by atoms with Gasteiger partial charge >= 0.3 is 0 Å². The summed E-state index contributed by atoms with van der Waals surface area (Å²) in [5.74, 6) is 0.851. The number of pyridine rings is 1. The topological polar surface area (TPSA) is 12.9 Å². The van der Waals surface area contributed by atoms with Crippen molar-refractivity contribution in [3.8, 4) is 0 Å². The lowest BCUT2D eigenvalue weighted by Gasteiger charge is -2.02. The molecule has 0 aliphatic heterocycles. The summed E-state index contributed by atoms with van der Waals surface area (Å²) in [7, 11) is 0. The van der Waals surface area contributed by atoms with Crippen molar-refractivity contribution < 1.29 is 0 Å². The molecule has 2 rings (SSSR count). The predicted molar refractivity (Wildman–Crippen MR) is 70.0 cm³/mol. The summed E-state index contributed by atoms with van der Waals surface area (Å²) in [6.45, 7) is 2.09. The monoisotopic (exact) mass is 249 g/mol. The minimum absolute atomic E-state index is 0.745. The summed E-state index contributed by atoms with van der Waals surface area (Å²) in [6.07, 6.45) is 1.74. The van der Waals surface area contributed by atoms with Gasteiger partial charge in [-0.05, 0) is 31.2 Å². The number of benzene rings is 1. The second kappa shape index (κ2) is 5.37. The smallest absolute Gasteiger partial charge is 0.0521 e. The molecule has 0 unspecified atom stereocenters. The zero-order valence-electron chi connectivity index (χ0n) is 8.98. The van der Waals surface area contributed by atoms with Crippen LogP contribution in [0.1, 0.15) is 11.3 Å². The van der Waals surface area contributed by atoms with Gasteiger partial charge in [0.05, 0.1) is 5.69 Å². The standard InChI is InChI=1S/C13H12ClNS/c1-10-2-4-13(5-3-10)16-9-12-8-11(14)6-7-15-12/h2-8H,9H2,1H3. The SMILES string of the molecule is Cc1ccc(SCc2cc(Cl)ccn2)cc1. The number of hydrogen-bond donors (Lipinski definition) is 0. The van der Waals surface area contributed by atoms with Crippen LogP contribution in [0.5, 0.6) is 0 Å². The molecule has 82 valence electrons. The van der Waals surface area contributed by atoms with Crippen LogP contribution in [0.4, 0.5) is 0 Å². The third-order valence-corrected chi connectivity index (χ3v) is 3.47. The van der Waals surface area contributed by atoms with Crippen molar-refractivity contribution in [2.24, 2.45) is 0 Å². The van der Waals surface area contributed by atoms with Crippen molar-refractivity contribution in [1.29, 1.82) is 0 Å². The van der Waals surface area contributed by atoms with Crippen molar-refractivity contribution in [1.82, 2.24) is 4.98 Å². The van der Waals surface area contributed by atoms with Crippen molar-refractivity contribution in [2.45, 2.75) is 17.6 Å². The van der Waals surface area contributed by atoms with Gasteiger partial charge in [-0.3, -0.25) is 4.98 Å². The minimum Gasteiger partial charge on any atom is -0.260 e. The number of hydrogen-bond acceptors (Lipinski definition) is 2. The van der Waals surface area contributed by atoms with E-state index >= 15 is 0 Å². The first-order valence-electron chi connectivity index (χ1n) is 5.04. The van der Waals surface area contributed by atoms with E-state index in [2.05, 4.69) is 36.2 Å². The largest absolute Gasteiger partial charge is 0.260 e. The van der Waals surface area contributed by atoms with Crippen LogP contribution < -0.4 is 0 Å². The van der Waals surface area contributed by atoms with Crippen molar-refractivity contribution in [3.05, 3.63) is 58.9 Å². The van der Waals surface area contributed by atoms with Crippen LogP contribution in [0.3, 0.4) is 0 Å². The van der Waals surface area contributed by atoms with E-state index in [-0.39, 0.29) is 0 Å². The average Bonchev–Trinajstić information content (AvgIpc) is 2.28. The second-order valence-electron chi connectivity index (χ2n) is 3.57. The molecule has 0 radical (unpaired) electrons. The van der Waals surface area contributed by atoms with Crippen LogP contribution >= 0.6 is 23.4 Å². The number of halogens is 1. The highest BCUT2D eigenvalue weighted by Crippen LogP contribution is 2.23. The Bertz CT molecular complexity index is 468. The lowest BCUT2D eigenvalue weighted by Crippen LogP contribution is -1.85. The Labute approximate surface area is 105 Å². The molecule has 1 aromatic carbocycles. The Morgan fingerprint density at radius 3 is 2.62 bits per heavy atom. The Kier molecular flexibility index (Phi) is 3.86. The molecule has 0 N–H and O–H groups in total. The summed E-state index contributed by atoms with van der Waals surface area (Å²) in [6, 6.07) is 12.2. The quantitative estimate of drug-likeness (QED) is 0.751. The maximum atomic E-state index is 5.90. The molecule has 1 nitrogen and oxygen atoms in total. The molecule has 1 heterocycles. The maximum absolute atomic E-state index is 5.90. The maximum Gasteiger partial charge on any atom is 0.0521 e. The van der Waals surface area contributed by atoms with E-state index < -0.39 is 0 Å². The summed E-state index contributed by atoms with van der Waals surface area (Å²) in [5.41, 5.74) is 2.29. The second-order valence-corrected chi connectivity index (χ2v) is 5.05. The van der Waals surface area contributed by atoms with E-state index in [0.29, 0.717) is 0 Å². The molecule has 0 aliphatic carbocycles. The summed E-state index contributed by atoms with van der Waals surface area (Å²) >= 11 is 7.67. The first-order valence-corrected chi connectivity index (χ1v) is 6.40. The molecule has 0 bridgehead atoms. The van der Waals surface area contributed by atoms with E-state index in [0.717, 1.165) is 16.5 Å². The van der Waals surface area contributed by atoms with Gasteiger partial charge in [-0.15, -0.1) is 11.8 Å². The van der Waals surface area contributed by atoms with Gasteiger partial charge in [0.1, 0.15) is 0 Å². The van der Waals surface area contributed by atoms with Crippen LogP contribution in [0.2, 0.25) is 5.02 Å². The van der Waals surface area contributed by atoms with E-state index in [4.69, 9.17) is 11.6 Å². The number of rotatable bonds is 3. The van der Waals surface area contributed by atoms with Crippen molar-refractivity contribution in [3.63, 3.8) is 0 Å². The fourth-order valence-electron chi connectivity index (χ4n) is 1.32. The number of thioether (sulfide) groups is 1. The molecular weight excluding hydrogens is 238 g/mol. The third-order valence-electron chi connectivity index (χ3n) is 2.19. The molecule has 3 heteroatoms. The molecule has 0 atom stereocenters. The van der Waals surface area contributed by atoms with E-state index in [1.807, 2.05) is 6.07 Å². The summed E-state index contributed by atoms with van der Waals surface area (Å²) in [4.78, 5) is 5.52. The Morgan fingerprint density at radius 1 is 1.19 bits per heavy atom. The highest BCUT2D eigenvalue weighted by molar-refractivity contribution is 7.98. The van der Waals surface area contributed by atoms with Crippen molar-refractivity contribution >= 4 is 23.4 Å². The Morgan fingerprint density at radius 2 is 1.94 bits per heavy atom. The molecule has 1 aromatic heterocycles. The normalized spacial score (nSPS) is 10.4. The lowest BCUT2D eigenvalue weighted by atomic mass is 10.2. The Hall–Kier alpha value is -0.990. The summed E-state index contributed by atoms with van der Waals surface area (Å²) in [5, 5.41) is 0.745. The van der Waals surface area contributed by atoms with Gasteiger partial charge in [0.2, 0.25) is 0 Å². The molecule has 2 aromatic rings. The summed E-state index contributed by atoms with van der Waals surface area (Å²) < 4.78 is 0. The van der Waals surface area contributed by atoms with Crippen molar-refractivity contribution in [2.75, 3.05) is 0 Å². The van der Waals surface area contributed by atoms with Crippen LogP contribution in [-0.2, 0) is 5.75 Å². The lowest BCUT2D eigenvalue weighted by molar-refractivity contribution is 1.17. The Balaban J connectivity index is 1.99. The van der Waals surface area contributed by atoms with E-state index in [9.17, 15) is 0 Å². The average molecular weight is 250 g/mol. The molecule has 0 saturated carbocycles. The van der Waals surface area contributed by atoms with Crippen LogP contribution in [0.15, 0.2) is 47.5 Å². The molecule has 0 aliphatic rings. The fraction of sp³-hybridized carbons (Fsp3) is 0.154. The van der Waals surface area contributed by atoms with Crippen LogP contribution in [0, 0.1) is 6.92 Å². The fourth-order valence-corrected chi connectivity index (χ4v) is 2.30. The molecule has 16 heavy (non-hydrogen) atoms. The molecule has 0 amide bonds. The number of aryl methyl sites for hydroxylation is 1. The van der Waals surface area contributed by atoms with Gasteiger partial charge in [-0.25, -0.2) is 0 Å². The van der Waals surface area contributed by atoms with Gasteiger partial charge in [-0.2, -0.15) is 0 Å². The molecular formula is C13H12ClNS. The number of aromatic nitrogens is 1. The van der Waals surface area contributed by atoms with Gasteiger partial charge in [0, 0.05) is 21.9 Å². The van der Waals surface area contributed by atoms with Crippen LogP contribution in [0.25, 0.3) is 0 Å². The van der Waals surface area contributed by atoms with Gasteiger partial charge < -0.3 is 0 Å². The van der Waals surface area contributed by atoms with Crippen LogP contribution in [-0.4, -0.2) is 4.98 Å². The third kappa shape index (κ3) is 3.26. The van der Waals surface area contributed by atoms with E-state index in [1.165, 1.54) is 10.5 Å². The highest BCUT2D eigenvalue weighted by atomic mass is 35.5. The highest BCUT2D eigenvalue weighted by Gasteiger charge is 1.98. The number of nitrogens with zero attached hydrogens (tertiary/aromatic N) is 1. The van der Waals surface area contributed by atoms with Gasteiger partial charge in [-0.1, -0.05) is 29.3 Å². The predicted octanol–water partition coefficient (Wildman–Crippen LogP) is 4.34. The zero-order valence-corrected chi connectivity index (χ0v) is 10.6. The van der Waals surface area contributed by atoms with Gasteiger partial charge in [0.15, 0.2) is 0 Å². The molecule has 0 spiro atoms. The van der Waals surface area contributed by atoms with Gasteiger partial charge in [0.25, 0.3) is 0 Å². The minimum atomic E-state index is 0.745. The van der Waals surface area contributed by atoms with E-state index in [1.54, 1.807) is 24.0 Å². The zero-order chi connectivity index (χ0) is 11.4. The first kappa shape index (κ1) is 11.5. The first-order chi connectivity index (χ1) is 7.74. The molecule has 0 saturated heterocycles.